The van der Waals surface area contributed by atoms with Crippen LogP contribution in [0.25, 0.3) is 0 Å². The van der Waals surface area contributed by atoms with Gasteiger partial charge in [-0.2, -0.15) is 0 Å². The first-order chi connectivity index (χ1) is 13.1. The number of benzene rings is 2. The molecule has 0 saturated heterocycles. The average molecular weight is 373 g/mol. The van der Waals surface area contributed by atoms with Crippen molar-refractivity contribution in [3.05, 3.63) is 42.0 Å². The molecule has 8 nitrogen and oxygen atoms in total. The lowest BCUT2D eigenvalue weighted by molar-refractivity contribution is -0.119. The molecule has 0 unspecified atom stereocenters. The van der Waals surface area contributed by atoms with E-state index in [0.717, 1.165) is 0 Å². The predicted molar refractivity (Wildman–Crippen MR) is 95.9 cm³/mol. The van der Waals surface area contributed by atoms with Crippen molar-refractivity contribution in [3.63, 3.8) is 0 Å². The van der Waals surface area contributed by atoms with Crippen molar-refractivity contribution in [1.29, 1.82) is 0 Å². The molecule has 3 rings (SSSR count). The number of carbonyl (C=O) groups excluding carboxylic acids is 2. The molecule has 27 heavy (non-hydrogen) atoms. The number of carbonyl (C=O) groups is 2. The van der Waals surface area contributed by atoms with Crippen LogP contribution in [0.15, 0.2) is 36.4 Å². The number of para-hydroxylation sites is 2. The Morgan fingerprint density at radius 1 is 1.04 bits per heavy atom. The summed E-state index contributed by atoms with van der Waals surface area (Å²) >= 11 is 0. The minimum atomic E-state index is -0.680. The standard InChI is InChI=1S/C19H19NO7/c1-23-14-6-4-3-5-13(14)20-17(21)11-27-19(22)12-9-15(24-2)18-16(10-12)25-7-8-26-18/h3-6,9-10H,7-8,11H2,1-2H3,(H,20,21). The van der Waals surface area contributed by atoms with Crippen LogP contribution in [0.4, 0.5) is 5.69 Å². The maximum atomic E-state index is 12.3. The third-order valence-corrected chi connectivity index (χ3v) is 3.78. The highest BCUT2D eigenvalue weighted by molar-refractivity contribution is 5.96. The molecule has 1 heterocycles. The highest BCUT2D eigenvalue weighted by Crippen LogP contribution is 2.40. The molecule has 2 aromatic carbocycles. The molecular formula is C19H19NO7. The summed E-state index contributed by atoms with van der Waals surface area (Å²) in [5.41, 5.74) is 0.684. The predicted octanol–water partition coefficient (Wildman–Crippen LogP) is 2.27. The maximum Gasteiger partial charge on any atom is 0.338 e. The van der Waals surface area contributed by atoms with E-state index >= 15 is 0 Å². The highest BCUT2D eigenvalue weighted by Gasteiger charge is 2.22. The van der Waals surface area contributed by atoms with Crippen molar-refractivity contribution in [1.82, 2.24) is 0 Å². The molecule has 8 heteroatoms. The second kappa shape index (κ2) is 8.31. The average Bonchev–Trinajstić information content (AvgIpc) is 2.71. The van der Waals surface area contributed by atoms with E-state index in [9.17, 15) is 9.59 Å². The van der Waals surface area contributed by atoms with E-state index in [1.165, 1.54) is 26.4 Å². The van der Waals surface area contributed by atoms with Gasteiger partial charge in [0.25, 0.3) is 5.91 Å². The van der Waals surface area contributed by atoms with Crippen LogP contribution in [0.2, 0.25) is 0 Å². The van der Waals surface area contributed by atoms with Crippen molar-refractivity contribution in [2.45, 2.75) is 0 Å². The Hall–Kier alpha value is -3.42. The van der Waals surface area contributed by atoms with Gasteiger partial charge >= 0.3 is 5.97 Å². The van der Waals surface area contributed by atoms with Crippen LogP contribution in [-0.4, -0.2) is 45.9 Å². The summed E-state index contributed by atoms with van der Waals surface area (Å²) in [6.07, 6.45) is 0. The molecule has 1 aliphatic rings. The van der Waals surface area contributed by atoms with Crippen LogP contribution in [0.3, 0.4) is 0 Å². The number of nitrogens with one attached hydrogen (secondary N) is 1. The molecule has 142 valence electrons. The Balaban J connectivity index is 1.64. The topological polar surface area (TPSA) is 92.3 Å². The summed E-state index contributed by atoms with van der Waals surface area (Å²) in [6.45, 7) is 0.319. The largest absolute Gasteiger partial charge is 0.495 e. The molecular weight excluding hydrogens is 354 g/mol. The van der Waals surface area contributed by atoms with Crippen molar-refractivity contribution >= 4 is 17.6 Å². The van der Waals surface area contributed by atoms with Crippen LogP contribution >= 0.6 is 0 Å². The number of hydrogen-bond donors (Lipinski definition) is 1. The molecule has 2 aromatic rings. The van der Waals surface area contributed by atoms with E-state index in [1.54, 1.807) is 24.3 Å². The second-order valence-electron chi connectivity index (χ2n) is 5.53. The second-order valence-corrected chi connectivity index (χ2v) is 5.53. The Morgan fingerprint density at radius 3 is 2.56 bits per heavy atom. The lowest BCUT2D eigenvalue weighted by atomic mass is 10.1. The fourth-order valence-corrected chi connectivity index (χ4v) is 2.54. The fourth-order valence-electron chi connectivity index (χ4n) is 2.54. The van der Waals surface area contributed by atoms with Gasteiger partial charge in [0, 0.05) is 0 Å². The van der Waals surface area contributed by atoms with Gasteiger partial charge in [-0.25, -0.2) is 4.79 Å². The molecule has 1 amide bonds. The monoisotopic (exact) mass is 373 g/mol. The third kappa shape index (κ3) is 4.22. The zero-order chi connectivity index (χ0) is 19.2. The van der Waals surface area contributed by atoms with Gasteiger partial charge < -0.3 is 29.0 Å². The van der Waals surface area contributed by atoms with Crippen molar-refractivity contribution in [3.8, 4) is 23.0 Å². The van der Waals surface area contributed by atoms with Crippen molar-refractivity contribution < 1.29 is 33.3 Å². The van der Waals surface area contributed by atoms with Crippen LogP contribution in [0.5, 0.6) is 23.0 Å². The lowest BCUT2D eigenvalue weighted by Crippen LogP contribution is -2.21. The van der Waals surface area contributed by atoms with E-state index in [-0.39, 0.29) is 5.56 Å². The van der Waals surface area contributed by atoms with Gasteiger partial charge in [0.1, 0.15) is 19.0 Å². The van der Waals surface area contributed by atoms with Gasteiger partial charge in [0.2, 0.25) is 5.75 Å². The van der Waals surface area contributed by atoms with Crippen molar-refractivity contribution in [2.24, 2.45) is 0 Å². The highest BCUT2D eigenvalue weighted by atomic mass is 16.6. The number of hydrogen-bond acceptors (Lipinski definition) is 7. The lowest BCUT2D eigenvalue weighted by Gasteiger charge is -2.21. The quantitative estimate of drug-likeness (QED) is 0.777. The Kier molecular flexibility index (Phi) is 5.65. The first kappa shape index (κ1) is 18.4. The molecule has 0 saturated carbocycles. The van der Waals surface area contributed by atoms with Gasteiger partial charge in [-0.05, 0) is 24.3 Å². The Morgan fingerprint density at radius 2 is 1.78 bits per heavy atom. The molecule has 0 radical (unpaired) electrons. The van der Waals surface area contributed by atoms with E-state index in [2.05, 4.69) is 5.32 Å². The normalized spacial score (nSPS) is 12.1. The molecule has 0 atom stereocenters. The molecule has 0 bridgehead atoms. The number of ether oxygens (including phenoxy) is 5. The molecule has 0 fully saturated rings. The van der Waals surface area contributed by atoms with Gasteiger partial charge in [-0.1, -0.05) is 12.1 Å². The van der Waals surface area contributed by atoms with E-state index in [0.29, 0.717) is 41.9 Å². The van der Waals surface area contributed by atoms with E-state index in [4.69, 9.17) is 23.7 Å². The summed E-state index contributed by atoms with van der Waals surface area (Å²) in [7, 11) is 2.96. The first-order valence-electron chi connectivity index (χ1n) is 8.20. The van der Waals surface area contributed by atoms with Crippen LogP contribution in [-0.2, 0) is 9.53 Å². The van der Waals surface area contributed by atoms with Crippen LogP contribution < -0.4 is 24.3 Å². The van der Waals surface area contributed by atoms with E-state index in [1.807, 2.05) is 0 Å². The number of methoxy groups -OCH3 is 2. The minimum Gasteiger partial charge on any atom is -0.495 e. The number of esters is 1. The van der Waals surface area contributed by atoms with Crippen LogP contribution in [0, 0.1) is 0 Å². The summed E-state index contributed by atoms with van der Waals surface area (Å²) < 4.78 is 26.4. The number of amides is 1. The summed E-state index contributed by atoms with van der Waals surface area (Å²) in [5.74, 6) is 0.532. The summed E-state index contributed by atoms with van der Waals surface area (Å²) in [5, 5.41) is 2.63. The molecule has 1 N–H and O–H groups in total. The first-order valence-corrected chi connectivity index (χ1v) is 8.20. The van der Waals surface area contributed by atoms with E-state index < -0.39 is 18.5 Å². The Labute approximate surface area is 155 Å². The summed E-state index contributed by atoms with van der Waals surface area (Å²) in [6, 6.07) is 9.91. The number of rotatable bonds is 6. The molecule has 1 aliphatic heterocycles. The fraction of sp³-hybridized carbons (Fsp3) is 0.263. The van der Waals surface area contributed by atoms with Gasteiger partial charge in [0.15, 0.2) is 18.1 Å². The Bertz CT molecular complexity index is 833. The van der Waals surface area contributed by atoms with Crippen LogP contribution in [0.1, 0.15) is 10.4 Å². The number of fused-ring (bicyclic) bond motifs is 1. The smallest absolute Gasteiger partial charge is 0.338 e. The maximum absolute atomic E-state index is 12.3. The zero-order valence-corrected chi connectivity index (χ0v) is 14.9. The molecule has 0 aliphatic carbocycles. The SMILES string of the molecule is COc1ccccc1NC(=O)COC(=O)c1cc(OC)c2c(c1)OCCO2. The minimum absolute atomic E-state index is 0.196. The van der Waals surface area contributed by atoms with Gasteiger partial charge in [-0.15, -0.1) is 0 Å². The van der Waals surface area contributed by atoms with Crippen molar-refractivity contribution in [2.75, 3.05) is 39.4 Å². The molecule has 0 spiro atoms. The summed E-state index contributed by atoms with van der Waals surface area (Å²) in [4.78, 5) is 24.4. The molecule has 0 aromatic heterocycles. The number of anilines is 1. The third-order valence-electron chi connectivity index (χ3n) is 3.78. The van der Waals surface area contributed by atoms with Gasteiger partial charge in [-0.3, -0.25) is 4.79 Å². The zero-order valence-electron chi connectivity index (χ0n) is 14.9. The van der Waals surface area contributed by atoms with Gasteiger partial charge in [0.05, 0.1) is 25.5 Å².